The maximum absolute atomic E-state index is 13.0. The van der Waals surface area contributed by atoms with Crippen molar-refractivity contribution in [3.8, 4) is 0 Å². The number of para-hydroxylation sites is 1. The molecule has 1 aromatic carbocycles. The Kier molecular flexibility index (Phi) is 12.6. The summed E-state index contributed by atoms with van der Waals surface area (Å²) < 4.78 is 44.0. The summed E-state index contributed by atoms with van der Waals surface area (Å²) in [6, 6.07) is 7.17. The van der Waals surface area contributed by atoms with Gasteiger partial charge in [0.1, 0.15) is 5.60 Å². The number of rotatable bonds is 5. The number of halogens is 3. The molecular formula is C28H40F3N3O3. The molecule has 0 saturated heterocycles. The fourth-order valence-corrected chi connectivity index (χ4v) is 3.68. The summed E-state index contributed by atoms with van der Waals surface area (Å²) in [5, 5.41) is 6.00. The lowest BCUT2D eigenvalue weighted by atomic mass is 9.85. The lowest BCUT2D eigenvalue weighted by Crippen LogP contribution is -2.37. The van der Waals surface area contributed by atoms with Crippen LogP contribution in [0.2, 0.25) is 0 Å². The summed E-state index contributed by atoms with van der Waals surface area (Å²) in [6.45, 7) is 13.7. The van der Waals surface area contributed by atoms with Crippen molar-refractivity contribution < 1.29 is 27.5 Å². The van der Waals surface area contributed by atoms with Crippen LogP contribution in [0.15, 0.2) is 36.5 Å². The van der Waals surface area contributed by atoms with E-state index in [2.05, 4.69) is 15.6 Å². The van der Waals surface area contributed by atoms with E-state index in [1.54, 1.807) is 32.9 Å². The highest BCUT2D eigenvalue weighted by molar-refractivity contribution is 5.99. The first-order valence-corrected chi connectivity index (χ1v) is 12.8. The number of amides is 2. The molecule has 6 nitrogen and oxygen atoms in total. The Morgan fingerprint density at radius 2 is 1.70 bits per heavy atom. The molecular weight excluding hydrogens is 483 g/mol. The predicted octanol–water partition coefficient (Wildman–Crippen LogP) is 7.29. The number of fused-ring (bicyclic) bond motifs is 1. The molecule has 1 unspecified atom stereocenters. The van der Waals surface area contributed by atoms with E-state index in [1.807, 2.05) is 45.9 Å². The van der Waals surface area contributed by atoms with Crippen molar-refractivity contribution in [3.63, 3.8) is 0 Å². The number of alkyl halides is 3. The third-order valence-corrected chi connectivity index (χ3v) is 5.27. The van der Waals surface area contributed by atoms with Crippen LogP contribution in [0.1, 0.15) is 83.7 Å². The number of hydrogen-bond donors (Lipinski definition) is 2. The molecule has 1 aromatic heterocycles. The van der Waals surface area contributed by atoms with Crippen molar-refractivity contribution >= 4 is 28.5 Å². The number of carbonyl (C=O) groups is 2. The number of ether oxygens (including phenoxy) is 1. The zero-order chi connectivity index (χ0) is 28.2. The van der Waals surface area contributed by atoms with Gasteiger partial charge in [-0.1, -0.05) is 52.0 Å². The smallest absolute Gasteiger partial charge is 0.407 e. The molecule has 0 saturated carbocycles. The molecule has 0 bridgehead atoms. The van der Waals surface area contributed by atoms with Crippen LogP contribution in [0.25, 0.3) is 16.5 Å². The Morgan fingerprint density at radius 3 is 2.27 bits per heavy atom. The van der Waals surface area contributed by atoms with Crippen LogP contribution in [0.5, 0.6) is 0 Å². The molecule has 3 rings (SSSR count). The minimum absolute atomic E-state index is 0.0347. The van der Waals surface area contributed by atoms with Gasteiger partial charge in [0.2, 0.25) is 0 Å². The van der Waals surface area contributed by atoms with Crippen LogP contribution in [0.4, 0.5) is 18.0 Å². The maximum Gasteiger partial charge on any atom is 0.407 e. The molecule has 206 valence electrons. The summed E-state index contributed by atoms with van der Waals surface area (Å²) in [4.78, 5) is 28.5. The molecule has 1 aliphatic carbocycles. The zero-order valence-electron chi connectivity index (χ0n) is 22.9. The predicted molar refractivity (Wildman–Crippen MR) is 142 cm³/mol. The highest BCUT2D eigenvalue weighted by Crippen LogP contribution is 2.40. The average Bonchev–Trinajstić information content (AvgIpc) is 2.86. The van der Waals surface area contributed by atoms with Crippen LogP contribution >= 0.6 is 0 Å². The molecule has 0 fully saturated rings. The van der Waals surface area contributed by atoms with E-state index in [0.717, 1.165) is 16.5 Å². The number of aromatic nitrogens is 1. The average molecular weight is 524 g/mol. The molecule has 1 aliphatic rings. The molecule has 2 N–H and O–H groups in total. The second-order valence-electron chi connectivity index (χ2n) is 9.03. The SMILES string of the molecule is CC.CC.CC(C)(C)OC(=O)NCCNC(=O)c1cnc2c(C3=CCC(C(F)(F)F)CC3)cccc2c1. The topological polar surface area (TPSA) is 80.3 Å². The summed E-state index contributed by atoms with van der Waals surface area (Å²) in [5.41, 5.74) is 2.04. The number of pyridine rings is 1. The van der Waals surface area contributed by atoms with Gasteiger partial charge >= 0.3 is 12.3 Å². The van der Waals surface area contributed by atoms with E-state index in [9.17, 15) is 22.8 Å². The van der Waals surface area contributed by atoms with Gasteiger partial charge in [-0.05, 0) is 51.7 Å². The minimum atomic E-state index is -4.18. The maximum atomic E-state index is 13.0. The van der Waals surface area contributed by atoms with Crippen molar-refractivity contribution in [2.75, 3.05) is 13.1 Å². The first kappa shape index (κ1) is 31.9. The van der Waals surface area contributed by atoms with Crippen molar-refractivity contribution in [1.29, 1.82) is 0 Å². The number of carbonyl (C=O) groups excluding carboxylic acids is 2. The van der Waals surface area contributed by atoms with Crippen molar-refractivity contribution in [1.82, 2.24) is 15.6 Å². The number of nitrogens with zero attached hydrogens (tertiary/aromatic N) is 1. The monoisotopic (exact) mass is 523 g/mol. The fraction of sp³-hybridized carbons (Fsp3) is 0.536. The van der Waals surface area contributed by atoms with Gasteiger partial charge in [-0.3, -0.25) is 9.78 Å². The summed E-state index contributed by atoms with van der Waals surface area (Å²) in [7, 11) is 0. The molecule has 37 heavy (non-hydrogen) atoms. The van der Waals surface area contributed by atoms with E-state index in [0.29, 0.717) is 17.5 Å². The Bertz CT molecular complexity index is 1060. The molecule has 9 heteroatoms. The Labute approximate surface area is 218 Å². The van der Waals surface area contributed by atoms with E-state index in [-0.39, 0.29) is 31.8 Å². The molecule has 1 atom stereocenters. The quantitative estimate of drug-likeness (QED) is 0.403. The number of alkyl carbamates (subject to hydrolysis) is 1. The Morgan fingerprint density at radius 1 is 1.05 bits per heavy atom. The lowest BCUT2D eigenvalue weighted by Gasteiger charge is -2.24. The van der Waals surface area contributed by atoms with Crippen LogP contribution in [0.3, 0.4) is 0 Å². The second-order valence-corrected chi connectivity index (χ2v) is 9.03. The molecule has 2 amide bonds. The van der Waals surface area contributed by atoms with Gasteiger partial charge in [-0.2, -0.15) is 13.2 Å². The van der Waals surface area contributed by atoms with E-state index in [4.69, 9.17) is 4.74 Å². The molecule has 2 aromatic rings. The first-order chi connectivity index (χ1) is 17.4. The van der Waals surface area contributed by atoms with Crippen molar-refractivity contribution in [2.24, 2.45) is 5.92 Å². The summed E-state index contributed by atoms with van der Waals surface area (Å²) in [6.07, 6.45) is -1.28. The minimum Gasteiger partial charge on any atom is -0.444 e. The zero-order valence-corrected chi connectivity index (χ0v) is 22.9. The van der Waals surface area contributed by atoms with Crippen LogP contribution in [-0.2, 0) is 4.74 Å². The summed E-state index contributed by atoms with van der Waals surface area (Å²) >= 11 is 0. The molecule has 0 aliphatic heterocycles. The normalized spacial score (nSPS) is 15.3. The van der Waals surface area contributed by atoms with E-state index >= 15 is 0 Å². The van der Waals surface area contributed by atoms with Gasteiger partial charge in [0.15, 0.2) is 0 Å². The fourth-order valence-electron chi connectivity index (χ4n) is 3.68. The Hall–Kier alpha value is -3.10. The largest absolute Gasteiger partial charge is 0.444 e. The van der Waals surface area contributed by atoms with Gasteiger partial charge in [0, 0.05) is 30.2 Å². The van der Waals surface area contributed by atoms with Crippen molar-refractivity contribution in [3.05, 3.63) is 47.7 Å². The van der Waals surface area contributed by atoms with Gasteiger partial charge in [0.25, 0.3) is 5.91 Å². The second kappa shape index (κ2) is 14.6. The lowest BCUT2D eigenvalue weighted by molar-refractivity contribution is -0.175. The van der Waals surface area contributed by atoms with Crippen LogP contribution in [0, 0.1) is 5.92 Å². The van der Waals surface area contributed by atoms with Gasteiger partial charge in [-0.15, -0.1) is 0 Å². The van der Waals surface area contributed by atoms with Gasteiger partial charge in [0.05, 0.1) is 17.0 Å². The standard InChI is InChI=1S/C24H28F3N3O3.2C2H6/c1-23(2,3)33-22(32)29-12-11-28-21(31)17-13-16-5-4-6-19(20(16)30-14-17)15-7-9-18(10-8-15)24(25,26)27;2*1-2/h4-7,13-14,18H,8-12H2,1-3H3,(H,28,31)(H,29,32);2*1-2H3. The third kappa shape index (κ3) is 10.1. The van der Waals surface area contributed by atoms with E-state index < -0.39 is 23.8 Å². The molecule has 0 spiro atoms. The van der Waals surface area contributed by atoms with Gasteiger partial charge < -0.3 is 15.4 Å². The van der Waals surface area contributed by atoms with Crippen LogP contribution in [-0.4, -0.2) is 41.9 Å². The summed E-state index contributed by atoms with van der Waals surface area (Å²) in [5.74, 6) is -1.64. The Balaban J connectivity index is 0.00000163. The highest BCUT2D eigenvalue weighted by Gasteiger charge is 2.39. The number of allylic oxidation sites excluding steroid dienone is 2. The van der Waals surface area contributed by atoms with Crippen LogP contribution < -0.4 is 10.6 Å². The van der Waals surface area contributed by atoms with Gasteiger partial charge in [-0.25, -0.2) is 4.79 Å². The first-order valence-electron chi connectivity index (χ1n) is 12.8. The molecule has 0 radical (unpaired) electrons. The number of benzene rings is 1. The van der Waals surface area contributed by atoms with E-state index in [1.165, 1.54) is 6.20 Å². The number of hydrogen-bond acceptors (Lipinski definition) is 4. The number of nitrogens with one attached hydrogen (secondary N) is 2. The highest BCUT2D eigenvalue weighted by atomic mass is 19.4. The molecule has 1 heterocycles. The third-order valence-electron chi connectivity index (χ3n) is 5.27. The van der Waals surface area contributed by atoms with Crippen molar-refractivity contribution in [2.45, 2.75) is 79.5 Å².